The zero-order valence-corrected chi connectivity index (χ0v) is 13.5. The second-order valence-corrected chi connectivity index (χ2v) is 6.16. The Labute approximate surface area is 140 Å². The molecule has 2 heterocycles. The summed E-state index contributed by atoms with van der Waals surface area (Å²) in [6, 6.07) is 5.83. The quantitative estimate of drug-likeness (QED) is 0.895. The first kappa shape index (κ1) is 16.9. The normalized spacial score (nSPS) is 21.7. The van der Waals surface area contributed by atoms with Gasteiger partial charge in [0.15, 0.2) is 0 Å². The van der Waals surface area contributed by atoms with E-state index in [4.69, 9.17) is 4.74 Å². The average Bonchev–Trinajstić information content (AvgIpc) is 3.09. The highest BCUT2D eigenvalue weighted by Gasteiger charge is 2.30. The maximum Gasteiger partial charge on any atom is 0.251 e. The first-order valence-electron chi connectivity index (χ1n) is 8.30. The van der Waals surface area contributed by atoms with Gasteiger partial charge >= 0.3 is 0 Å². The third kappa shape index (κ3) is 4.30. The Morgan fingerprint density at radius 2 is 2.04 bits per heavy atom. The van der Waals surface area contributed by atoms with Gasteiger partial charge in [-0.3, -0.25) is 14.5 Å². The predicted molar refractivity (Wildman–Crippen MR) is 87.0 cm³/mol. The van der Waals surface area contributed by atoms with E-state index in [2.05, 4.69) is 5.32 Å². The number of nitrogens with one attached hydrogen (secondary N) is 1. The van der Waals surface area contributed by atoms with Gasteiger partial charge in [-0.25, -0.2) is 4.39 Å². The van der Waals surface area contributed by atoms with E-state index in [0.717, 1.165) is 12.8 Å². The van der Waals surface area contributed by atoms with Gasteiger partial charge in [0, 0.05) is 38.5 Å². The molecule has 2 amide bonds. The molecule has 0 bridgehead atoms. The molecule has 6 nitrogen and oxygen atoms in total. The lowest BCUT2D eigenvalue weighted by Crippen LogP contribution is -2.52. The number of benzene rings is 1. The molecule has 0 saturated carbocycles. The first-order chi connectivity index (χ1) is 11.6. The van der Waals surface area contributed by atoms with Crippen LogP contribution in [0.15, 0.2) is 24.3 Å². The monoisotopic (exact) mass is 335 g/mol. The van der Waals surface area contributed by atoms with E-state index in [1.165, 1.54) is 12.1 Å². The molecule has 2 fully saturated rings. The Morgan fingerprint density at radius 3 is 2.71 bits per heavy atom. The molecule has 130 valence electrons. The van der Waals surface area contributed by atoms with Crippen molar-refractivity contribution in [3.05, 3.63) is 30.1 Å². The molecule has 0 aromatic heterocycles. The van der Waals surface area contributed by atoms with Gasteiger partial charge in [-0.15, -0.1) is 0 Å². The van der Waals surface area contributed by atoms with Gasteiger partial charge in [0.05, 0.1) is 6.54 Å². The van der Waals surface area contributed by atoms with Crippen LogP contribution in [0.3, 0.4) is 0 Å². The van der Waals surface area contributed by atoms with Crippen LogP contribution in [-0.2, 0) is 14.3 Å². The molecule has 0 aliphatic carbocycles. The summed E-state index contributed by atoms with van der Waals surface area (Å²) in [5.74, 6) is -0.495. The largest absolute Gasteiger partial charge is 0.368 e. The number of carbonyl (C=O) groups excluding carboxylic acids is 2. The van der Waals surface area contributed by atoms with Gasteiger partial charge in [0.2, 0.25) is 5.91 Å². The highest BCUT2D eigenvalue weighted by Crippen LogP contribution is 2.16. The summed E-state index contributed by atoms with van der Waals surface area (Å²) in [6.07, 6.45) is 1.46. The summed E-state index contributed by atoms with van der Waals surface area (Å²) in [6.45, 7) is 3.40. The van der Waals surface area contributed by atoms with Gasteiger partial charge in [-0.2, -0.15) is 0 Å². The molecular weight excluding hydrogens is 313 g/mol. The van der Waals surface area contributed by atoms with E-state index >= 15 is 0 Å². The Morgan fingerprint density at radius 1 is 1.25 bits per heavy atom. The molecule has 1 aromatic carbocycles. The van der Waals surface area contributed by atoms with Crippen LogP contribution in [0.5, 0.6) is 0 Å². The molecule has 0 radical (unpaired) electrons. The van der Waals surface area contributed by atoms with Gasteiger partial charge < -0.3 is 15.0 Å². The number of halogens is 1. The third-order valence-electron chi connectivity index (χ3n) is 4.36. The van der Waals surface area contributed by atoms with Crippen LogP contribution in [0.1, 0.15) is 12.8 Å². The van der Waals surface area contributed by atoms with Crippen molar-refractivity contribution in [1.29, 1.82) is 0 Å². The number of nitrogens with zero attached hydrogens (tertiary/aromatic N) is 2. The molecular formula is C17H22FN3O3. The maximum atomic E-state index is 13.1. The predicted octanol–water partition coefficient (Wildman–Crippen LogP) is 1.09. The molecule has 1 atom stereocenters. The summed E-state index contributed by atoms with van der Waals surface area (Å²) in [7, 11) is 0. The third-order valence-corrected chi connectivity index (χ3v) is 4.36. The topological polar surface area (TPSA) is 61.9 Å². The molecule has 2 aliphatic rings. The van der Waals surface area contributed by atoms with Crippen molar-refractivity contribution in [3.63, 3.8) is 0 Å². The molecule has 24 heavy (non-hydrogen) atoms. The first-order valence-corrected chi connectivity index (χ1v) is 8.30. The SMILES string of the molecule is O=C(CN1CCN(C(=O)[C@@H]2CCCO2)CC1)Nc1cccc(F)c1. The lowest BCUT2D eigenvalue weighted by atomic mass is 10.2. The number of carbonyl (C=O) groups is 2. The van der Waals surface area contributed by atoms with Gasteiger partial charge in [-0.1, -0.05) is 6.07 Å². The van der Waals surface area contributed by atoms with Gasteiger partial charge in [0.25, 0.3) is 5.91 Å². The van der Waals surface area contributed by atoms with Gasteiger partial charge in [0.1, 0.15) is 11.9 Å². The van der Waals surface area contributed by atoms with Crippen LogP contribution in [-0.4, -0.2) is 67.0 Å². The number of amides is 2. The number of hydrogen-bond donors (Lipinski definition) is 1. The summed E-state index contributed by atoms with van der Waals surface area (Å²) >= 11 is 0. The number of anilines is 1. The fraction of sp³-hybridized carbons (Fsp3) is 0.529. The Balaban J connectivity index is 1.43. The molecule has 7 heteroatoms. The zero-order chi connectivity index (χ0) is 16.9. The number of hydrogen-bond acceptors (Lipinski definition) is 4. The van der Waals surface area contributed by atoms with E-state index in [0.29, 0.717) is 38.5 Å². The average molecular weight is 335 g/mol. The van der Waals surface area contributed by atoms with Crippen LogP contribution < -0.4 is 5.32 Å². The second kappa shape index (κ2) is 7.72. The van der Waals surface area contributed by atoms with Crippen molar-refractivity contribution in [3.8, 4) is 0 Å². The highest BCUT2D eigenvalue weighted by molar-refractivity contribution is 5.92. The Kier molecular flexibility index (Phi) is 5.42. The van der Waals surface area contributed by atoms with Crippen molar-refractivity contribution >= 4 is 17.5 Å². The molecule has 0 spiro atoms. The minimum atomic E-state index is -0.381. The van der Waals surface area contributed by atoms with Crippen molar-refractivity contribution in [2.75, 3.05) is 44.6 Å². The zero-order valence-electron chi connectivity index (χ0n) is 13.5. The standard InChI is InChI=1S/C17H22FN3O3/c18-13-3-1-4-14(11-13)19-16(22)12-20-6-8-21(9-7-20)17(23)15-5-2-10-24-15/h1,3-4,11,15H,2,5-10,12H2,(H,19,22)/t15-/m0/s1. The van der Waals surface area contributed by atoms with Crippen molar-refractivity contribution < 1.29 is 18.7 Å². The fourth-order valence-electron chi connectivity index (χ4n) is 3.07. The van der Waals surface area contributed by atoms with Crippen LogP contribution in [0, 0.1) is 5.82 Å². The Bertz CT molecular complexity index is 596. The molecule has 1 N–H and O–H groups in total. The number of rotatable bonds is 4. The van der Waals surface area contributed by atoms with Crippen LogP contribution in [0.4, 0.5) is 10.1 Å². The molecule has 2 aliphatic heterocycles. The summed E-state index contributed by atoms with van der Waals surface area (Å²) < 4.78 is 18.5. The lowest BCUT2D eigenvalue weighted by Gasteiger charge is -2.35. The van der Waals surface area contributed by atoms with E-state index in [9.17, 15) is 14.0 Å². The van der Waals surface area contributed by atoms with Crippen molar-refractivity contribution in [2.45, 2.75) is 18.9 Å². The smallest absolute Gasteiger partial charge is 0.251 e. The van der Waals surface area contributed by atoms with Crippen molar-refractivity contribution in [2.24, 2.45) is 0 Å². The Hall–Kier alpha value is -1.99. The second-order valence-electron chi connectivity index (χ2n) is 6.16. The molecule has 0 unspecified atom stereocenters. The lowest BCUT2D eigenvalue weighted by molar-refractivity contribution is -0.142. The number of ether oxygens (including phenoxy) is 1. The summed E-state index contributed by atoms with van der Waals surface area (Å²) in [4.78, 5) is 28.1. The summed E-state index contributed by atoms with van der Waals surface area (Å²) in [5, 5.41) is 2.69. The molecule has 1 aromatic rings. The van der Waals surface area contributed by atoms with E-state index in [1.54, 1.807) is 12.1 Å². The molecule has 3 rings (SSSR count). The van der Waals surface area contributed by atoms with Gasteiger partial charge in [-0.05, 0) is 31.0 Å². The molecule has 2 saturated heterocycles. The van der Waals surface area contributed by atoms with Crippen LogP contribution in [0.2, 0.25) is 0 Å². The van der Waals surface area contributed by atoms with E-state index < -0.39 is 0 Å². The summed E-state index contributed by atoms with van der Waals surface area (Å²) in [5.41, 5.74) is 0.451. The minimum absolute atomic E-state index is 0.0661. The fourth-order valence-corrected chi connectivity index (χ4v) is 3.07. The highest BCUT2D eigenvalue weighted by atomic mass is 19.1. The van der Waals surface area contributed by atoms with Crippen LogP contribution in [0.25, 0.3) is 0 Å². The van der Waals surface area contributed by atoms with E-state index in [-0.39, 0.29) is 30.3 Å². The van der Waals surface area contributed by atoms with Crippen molar-refractivity contribution in [1.82, 2.24) is 9.80 Å². The van der Waals surface area contributed by atoms with Crippen LogP contribution >= 0.6 is 0 Å². The number of piperazine rings is 1. The van der Waals surface area contributed by atoms with E-state index in [1.807, 2.05) is 9.80 Å². The minimum Gasteiger partial charge on any atom is -0.368 e. The maximum absolute atomic E-state index is 13.1.